The van der Waals surface area contributed by atoms with E-state index in [1.165, 1.54) is 0 Å². The number of nitrogens with one attached hydrogen (secondary N) is 1. The number of hydrogen-bond donors (Lipinski definition) is 1. The number of fused-ring (bicyclic) bond motifs is 1. The van der Waals surface area contributed by atoms with Crippen LogP contribution in [0.3, 0.4) is 0 Å². The third kappa shape index (κ3) is 5.26. The molecule has 0 saturated carbocycles. The summed E-state index contributed by atoms with van der Waals surface area (Å²) in [7, 11) is 1.54. The van der Waals surface area contributed by atoms with Crippen molar-refractivity contribution in [1.82, 2.24) is 20.1 Å². The van der Waals surface area contributed by atoms with Crippen molar-refractivity contribution in [1.29, 1.82) is 0 Å². The summed E-state index contributed by atoms with van der Waals surface area (Å²) < 4.78 is 42.3. The highest BCUT2D eigenvalue weighted by molar-refractivity contribution is 7.91. The molecule has 1 aliphatic heterocycles. The summed E-state index contributed by atoms with van der Waals surface area (Å²) in [5.74, 6) is 1.58. The number of carbonyl (C=O) groups excluding carboxylic acids is 1. The molecule has 1 saturated heterocycles. The van der Waals surface area contributed by atoms with Crippen molar-refractivity contribution in [3.05, 3.63) is 65.4 Å². The van der Waals surface area contributed by atoms with Crippen LogP contribution in [0.15, 0.2) is 48.5 Å². The van der Waals surface area contributed by atoms with Gasteiger partial charge in [-0.2, -0.15) is 5.10 Å². The van der Waals surface area contributed by atoms with Crippen molar-refractivity contribution in [2.75, 3.05) is 32.8 Å². The van der Waals surface area contributed by atoms with Crippen LogP contribution in [-0.2, 0) is 16.4 Å². The Bertz CT molecular complexity index is 1660. The van der Waals surface area contributed by atoms with Crippen molar-refractivity contribution in [3.63, 3.8) is 0 Å². The van der Waals surface area contributed by atoms with Crippen LogP contribution in [0.5, 0.6) is 17.2 Å². The Balaban J connectivity index is 1.61. The molecular formula is C28H30N4O6S. The topological polar surface area (TPSA) is 122 Å². The molecule has 2 aromatic heterocycles. The van der Waals surface area contributed by atoms with E-state index >= 15 is 0 Å². The first kappa shape index (κ1) is 26.5. The Hall–Kier alpha value is -4.12. The molecule has 1 unspecified atom stereocenters. The Kier molecular flexibility index (Phi) is 7.17. The van der Waals surface area contributed by atoms with Crippen LogP contribution in [-0.4, -0.2) is 61.9 Å². The summed E-state index contributed by atoms with van der Waals surface area (Å²) in [6.07, 6.45) is 0.443. The van der Waals surface area contributed by atoms with Gasteiger partial charge in [0.05, 0.1) is 61.2 Å². The summed E-state index contributed by atoms with van der Waals surface area (Å²) in [5, 5.41) is 8.25. The number of carbonyl (C=O) groups is 1. The summed E-state index contributed by atoms with van der Waals surface area (Å²) in [4.78, 5) is 18.5. The number of ether oxygens (including phenoxy) is 3. The second kappa shape index (κ2) is 10.6. The Morgan fingerprint density at radius 3 is 2.54 bits per heavy atom. The van der Waals surface area contributed by atoms with Crippen LogP contribution < -0.4 is 19.5 Å². The number of nitrogens with zero attached hydrogens (tertiary/aromatic N) is 3. The lowest BCUT2D eigenvalue weighted by atomic mass is 10.0. The lowest BCUT2D eigenvalue weighted by Gasteiger charge is -2.14. The standard InChI is InChI=1S/C28H30N4O6S/c1-17-26-22(28(33)29-15-18-6-5-7-21(12-18)36-2)14-23(19-8-9-24(37-3)25(13-19)38-4)30-27(26)32(31-17)20-10-11-39(34,35)16-20/h5-9,12-14,20H,10-11,15-16H2,1-4H3,(H,29,33). The van der Waals surface area contributed by atoms with E-state index in [-0.39, 0.29) is 23.5 Å². The quantitative estimate of drug-likeness (QED) is 0.352. The lowest BCUT2D eigenvalue weighted by Crippen LogP contribution is -2.23. The molecule has 39 heavy (non-hydrogen) atoms. The molecule has 1 N–H and O–H groups in total. The van der Waals surface area contributed by atoms with Gasteiger partial charge in [0.1, 0.15) is 5.75 Å². The fourth-order valence-corrected chi connectivity index (χ4v) is 6.61. The molecule has 2 aromatic carbocycles. The van der Waals surface area contributed by atoms with Crippen LogP contribution in [0.1, 0.15) is 34.1 Å². The van der Waals surface area contributed by atoms with E-state index in [1.807, 2.05) is 30.3 Å². The van der Waals surface area contributed by atoms with Gasteiger partial charge in [-0.25, -0.2) is 18.1 Å². The number of hydrogen-bond acceptors (Lipinski definition) is 8. The van der Waals surface area contributed by atoms with Gasteiger partial charge in [0, 0.05) is 12.1 Å². The first-order valence-electron chi connectivity index (χ1n) is 12.5. The molecule has 0 radical (unpaired) electrons. The fourth-order valence-electron chi connectivity index (χ4n) is 4.92. The molecule has 3 heterocycles. The zero-order valence-electron chi connectivity index (χ0n) is 22.2. The smallest absolute Gasteiger partial charge is 0.252 e. The van der Waals surface area contributed by atoms with Gasteiger partial charge in [-0.1, -0.05) is 12.1 Å². The van der Waals surface area contributed by atoms with Crippen LogP contribution in [0, 0.1) is 6.92 Å². The summed E-state index contributed by atoms with van der Waals surface area (Å²) in [5.41, 5.74) is 3.59. The summed E-state index contributed by atoms with van der Waals surface area (Å²) in [6.45, 7) is 2.10. The SMILES string of the molecule is COc1cccc(CNC(=O)c2cc(-c3ccc(OC)c(OC)c3)nc3c2c(C)nn3C2CCS(=O)(=O)C2)c1. The number of aryl methyl sites for hydroxylation is 1. The van der Waals surface area contributed by atoms with Crippen LogP contribution in [0.4, 0.5) is 0 Å². The third-order valence-electron chi connectivity index (χ3n) is 6.90. The van der Waals surface area contributed by atoms with Gasteiger partial charge in [0.25, 0.3) is 5.91 Å². The van der Waals surface area contributed by atoms with Gasteiger partial charge in [-0.15, -0.1) is 0 Å². The number of aromatic nitrogens is 3. The maximum Gasteiger partial charge on any atom is 0.252 e. The Labute approximate surface area is 226 Å². The molecule has 11 heteroatoms. The van der Waals surface area contributed by atoms with E-state index in [2.05, 4.69) is 10.4 Å². The van der Waals surface area contributed by atoms with Crippen molar-refractivity contribution < 1.29 is 27.4 Å². The summed E-state index contributed by atoms with van der Waals surface area (Å²) in [6, 6.07) is 14.2. The predicted molar refractivity (Wildman–Crippen MR) is 147 cm³/mol. The van der Waals surface area contributed by atoms with E-state index in [1.54, 1.807) is 51.1 Å². The normalized spacial score (nSPS) is 16.3. The second-order valence-corrected chi connectivity index (χ2v) is 11.7. The predicted octanol–water partition coefficient (Wildman–Crippen LogP) is 3.72. The molecule has 1 amide bonds. The molecule has 1 fully saturated rings. The molecule has 0 aliphatic carbocycles. The molecule has 1 atom stereocenters. The van der Waals surface area contributed by atoms with Crippen molar-refractivity contribution in [3.8, 4) is 28.5 Å². The molecule has 4 aromatic rings. The van der Waals surface area contributed by atoms with Gasteiger partial charge in [0.2, 0.25) is 0 Å². The molecule has 10 nitrogen and oxygen atoms in total. The highest BCUT2D eigenvalue weighted by Gasteiger charge is 2.32. The number of amides is 1. The molecule has 0 bridgehead atoms. The average Bonchev–Trinajstić information content (AvgIpc) is 3.49. The van der Waals surface area contributed by atoms with E-state index in [0.717, 1.165) is 5.56 Å². The second-order valence-electron chi connectivity index (χ2n) is 9.44. The average molecular weight is 551 g/mol. The Morgan fingerprint density at radius 1 is 1.05 bits per heavy atom. The van der Waals surface area contributed by atoms with Crippen molar-refractivity contribution >= 4 is 26.8 Å². The van der Waals surface area contributed by atoms with E-state index in [9.17, 15) is 13.2 Å². The van der Waals surface area contributed by atoms with Gasteiger partial charge >= 0.3 is 0 Å². The zero-order valence-corrected chi connectivity index (χ0v) is 23.0. The van der Waals surface area contributed by atoms with Gasteiger partial charge < -0.3 is 19.5 Å². The summed E-state index contributed by atoms with van der Waals surface area (Å²) >= 11 is 0. The van der Waals surface area contributed by atoms with Gasteiger partial charge in [-0.05, 0) is 55.3 Å². The molecule has 1 aliphatic rings. The number of rotatable bonds is 8. The first-order valence-corrected chi connectivity index (χ1v) is 14.3. The maximum absolute atomic E-state index is 13.6. The van der Waals surface area contributed by atoms with E-state index in [0.29, 0.717) is 63.8 Å². The molecule has 5 rings (SSSR count). The van der Waals surface area contributed by atoms with Crippen LogP contribution in [0.25, 0.3) is 22.3 Å². The maximum atomic E-state index is 13.6. The molecule has 0 spiro atoms. The number of methoxy groups -OCH3 is 3. The highest BCUT2D eigenvalue weighted by atomic mass is 32.2. The minimum Gasteiger partial charge on any atom is -0.497 e. The van der Waals surface area contributed by atoms with Crippen molar-refractivity contribution in [2.24, 2.45) is 0 Å². The third-order valence-corrected chi connectivity index (χ3v) is 8.65. The fraction of sp³-hybridized carbons (Fsp3) is 0.321. The van der Waals surface area contributed by atoms with Gasteiger partial charge in [0.15, 0.2) is 27.0 Å². The molecular weight excluding hydrogens is 520 g/mol. The van der Waals surface area contributed by atoms with Crippen LogP contribution >= 0.6 is 0 Å². The van der Waals surface area contributed by atoms with Crippen molar-refractivity contribution in [2.45, 2.75) is 25.9 Å². The number of pyridine rings is 1. The highest BCUT2D eigenvalue weighted by Crippen LogP contribution is 2.35. The lowest BCUT2D eigenvalue weighted by molar-refractivity contribution is 0.0952. The zero-order chi connectivity index (χ0) is 27.7. The number of benzene rings is 2. The largest absolute Gasteiger partial charge is 0.497 e. The minimum atomic E-state index is -3.16. The van der Waals surface area contributed by atoms with E-state index < -0.39 is 9.84 Å². The number of sulfone groups is 1. The molecule has 204 valence electrons. The monoisotopic (exact) mass is 550 g/mol. The van der Waals surface area contributed by atoms with E-state index in [4.69, 9.17) is 19.2 Å². The van der Waals surface area contributed by atoms with Crippen LogP contribution in [0.2, 0.25) is 0 Å². The Morgan fingerprint density at radius 2 is 1.85 bits per heavy atom. The first-order chi connectivity index (χ1) is 18.7. The minimum absolute atomic E-state index is 0.0111. The van der Waals surface area contributed by atoms with Gasteiger partial charge in [-0.3, -0.25) is 4.79 Å².